The van der Waals surface area contributed by atoms with Gasteiger partial charge in [0, 0.05) is 43.2 Å². The standard InChI is InChI=1S/C21H23N3O2S/c1-15-6-2-4-8-17(15)23-10-12-24(13-11-23)20(25)14-19-21(26)22-16-7-3-5-9-18(16)27-19/h2-9,19H,10-14H2,1H3,(H,22,26). The van der Waals surface area contributed by atoms with Crippen molar-refractivity contribution in [1.82, 2.24) is 4.90 Å². The van der Waals surface area contributed by atoms with E-state index >= 15 is 0 Å². The zero-order chi connectivity index (χ0) is 18.8. The first-order chi connectivity index (χ1) is 13.1. The molecule has 1 saturated heterocycles. The SMILES string of the molecule is Cc1ccccc1N1CCN(C(=O)CC2Sc3ccccc3NC2=O)CC1. The lowest BCUT2D eigenvalue weighted by Crippen LogP contribution is -2.50. The Bertz CT molecular complexity index is 862. The minimum atomic E-state index is -0.359. The van der Waals surface area contributed by atoms with Crippen LogP contribution in [0.3, 0.4) is 0 Å². The molecule has 27 heavy (non-hydrogen) atoms. The number of nitrogens with zero attached hydrogens (tertiary/aromatic N) is 2. The van der Waals surface area contributed by atoms with Crippen LogP contribution in [0.25, 0.3) is 0 Å². The van der Waals surface area contributed by atoms with Crippen molar-refractivity contribution in [2.24, 2.45) is 0 Å². The summed E-state index contributed by atoms with van der Waals surface area (Å²) in [5.74, 6) is -0.0166. The number of carbonyl (C=O) groups is 2. The van der Waals surface area contributed by atoms with Gasteiger partial charge in [0.2, 0.25) is 11.8 Å². The third-order valence-corrected chi connectivity index (χ3v) is 6.43. The van der Waals surface area contributed by atoms with E-state index in [-0.39, 0.29) is 23.5 Å². The summed E-state index contributed by atoms with van der Waals surface area (Å²) in [4.78, 5) is 30.3. The number of hydrogen-bond donors (Lipinski definition) is 1. The molecule has 4 rings (SSSR count). The predicted molar refractivity (Wildman–Crippen MR) is 109 cm³/mol. The molecule has 0 aliphatic carbocycles. The topological polar surface area (TPSA) is 52.6 Å². The van der Waals surface area contributed by atoms with E-state index in [1.165, 1.54) is 23.0 Å². The van der Waals surface area contributed by atoms with Gasteiger partial charge in [-0.15, -0.1) is 11.8 Å². The highest BCUT2D eigenvalue weighted by atomic mass is 32.2. The van der Waals surface area contributed by atoms with Crippen LogP contribution in [0.2, 0.25) is 0 Å². The Morgan fingerprint density at radius 3 is 2.56 bits per heavy atom. The highest BCUT2D eigenvalue weighted by molar-refractivity contribution is 8.01. The van der Waals surface area contributed by atoms with Gasteiger partial charge in [-0.25, -0.2) is 0 Å². The van der Waals surface area contributed by atoms with Gasteiger partial charge in [-0.2, -0.15) is 0 Å². The number of piperazine rings is 1. The van der Waals surface area contributed by atoms with Gasteiger partial charge in [0.1, 0.15) is 0 Å². The Morgan fingerprint density at radius 2 is 1.78 bits per heavy atom. The lowest BCUT2D eigenvalue weighted by atomic mass is 10.1. The van der Waals surface area contributed by atoms with Crippen LogP contribution in [0.4, 0.5) is 11.4 Å². The Morgan fingerprint density at radius 1 is 1.07 bits per heavy atom. The lowest BCUT2D eigenvalue weighted by molar-refractivity contribution is -0.132. The van der Waals surface area contributed by atoms with E-state index in [4.69, 9.17) is 0 Å². The number of amides is 2. The van der Waals surface area contributed by atoms with Gasteiger partial charge in [0.05, 0.1) is 10.9 Å². The van der Waals surface area contributed by atoms with Crippen LogP contribution in [0.1, 0.15) is 12.0 Å². The predicted octanol–water partition coefficient (Wildman–Crippen LogP) is 3.15. The van der Waals surface area contributed by atoms with Crippen molar-refractivity contribution in [3.8, 4) is 0 Å². The molecule has 2 aromatic rings. The van der Waals surface area contributed by atoms with Crippen molar-refractivity contribution >= 4 is 35.0 Å². The largest absolute Gasteiger partial charge is 0.368 e. The molecule has 0 spiro atoms. The molecule has 1 N–H and O–H groups in total. The second kappa shape index (κ2) is 7.64. The van der Waals surface area contributed by atoms with Crippen LogP contribution in [0.5, 0.6) is 0 Å². The minimum Gasteiger partial charge on any atom is -0.368 e. The highest BCUT2D eigenvalue weighted by Gasteiger charge is 2.31. The fraction of sp³-hybridized carbons (Fsp3) is 0.333. The van der Waals surface area contributed by atoms with E-state index in [2.05, 4.69) is 35.3 Å². The Balaban J connectivity index is 1.35. The maximum Gasteiger partial charge on any atom is 0.238 e. The molecule has 140 valence electrons. The van der Waals surface area contributed by atoms with E-state index in [0.29, 0.717) is 13.1 Å². The van der Waals surface area contributed by atoms with Crippen molar-refractivity contribution in [3.63, 3.8) is 0 Å². The number of anilines is 2. The summed E-state index contributed by atoms with van der Waals surface area (Å²) in [6.07, 6.45) is 0.245. The molecular formula is C21H23N3O2S. The summed E-state index contributed by atoms with van der Waals surface area (Å²) in [5.41, 5.74) is 3.33. The van der Waals surface area contributed by atoms with Gasteiger partial charge in [-0.1, -0.05) is 30.3 Å². The number of hydrogen-bond acceptors (Lipinski definition) is 4. The zero-order valence-electron chi connectivity index (χ0n) is 15.4. The molecule has 1 atom stereocenters. The molecule has 2 aliphatic rings. The molecule has 2 amide bonds. The third kappa shape index (κ3) is 3.81. The number of aryl methyl sites for hydroxylation is 1. The lowest BCUT2D eigenvalue weighted by Gasteiger charge is -2.37. The fourth-order valence-corrected chi connectivity index (χ4v) is 4.73. The van der Waals surface area contributed by atoms with Crippen LogP contribution in [-0.2, 0) is 9.59 Å². The second-order valence-corrected chi connectivity index (χ2v) is 8.19. The van der Waals surface area contributed by atoms with Gasteiger partial charge in [-0.3, -0.25) is 9.59 Å². The molecule has 6 heteroatoms. The maximum absolute atomic E-state index is 12.7. The quantitative estimate of drug-likeness (QED) is 0.887. The summed E-state index contributed by atoms with van der Waals surface area (Å²) in [6.45, 7) is 5.15. The number of carbonyl (C=O) groups excluding carboxylic acids is 2. The molecule has 5 nitrogen and oxygen atoms in total. The molecule has 0 saturated carbocycles. The highest BCUT2D eigenvalue weighted by Crippen LogP contribution is 2.36. The van der Waals surface area contributed by atoms with Crippen LogP contribution < -0.4 is 10.2 Å². The molecule has 2 heterocycles. The molecule has 0 aromatic heterocycles. The number of benzene rings is 2. The summed E-state index contributed by atoms with van der Waals surface area (Å²) >= 11 is 1.49. The first-order valence-electron chi connectivity index (χ1n) is 9.27. The average molecular weight is 382 g/mol. The molecule has 1 fully saturated rings. The van der Waals surface area contributed by atoms with Crippen molar-refractivity contribution in [1.29, 1.82) is 0 Å². The summed E-state index contributed by atoms with van der Waals surface area (Å²) in [7, 11) is 0. The Labute approximate surface area is 163 Å². The second-order valence-electron chi connectivity index (χ2n) is 6.95. The molecule has 0 bridgehead atoms. The van der Waals surface area contributed by atoms with E-state index in [1.54, 1.807) is 0 Å². The van der Waals surface area contributed by atoms with E-state index in [9.17, 15) is 9.59 Å². The first kappa shape index (κ1) is 17.9. The van der Waals surface area contributed by atoms with E-state index < -0.39 is 0 Å². The number of fused-ring (bicyclic) bond motifs is 1. The third-order valence-electron chi connectivity index (χ3n) is 5.16. The summed E-state index contributed by atoms with van der Waals surface area (Å²) in [6, 6.07) is 16.1. The van der Waals surface area contributed by atoms with Crippen molar-refractivity contribution in [2.45, 2.75) is 23.5 Å². The van der Waals surface area contributed by atoms with E-state index in [0.717, 1.165) is 23.7 Å². The number of para-hydroxylation sites is 2. The fourth-order valence-electron chi connectivity index (χ4n) is 3.63. The number of rotatable bonds is 3. The Kier molecular flexibility index (Phi) is 5.07. The van der Waals surface area contributed by atoms with Crippen LogP contribution in [-0.4, -0.2) is 48.1 Å². The van der Waals surface area contributed by atoms with Crippen molar-refractivity contribution < 1.29 is 9.59 Å². The molecule has 1 unspecified atom stereocenters. The molecular weight excluding hydrogens is 358 g/mol. The van der Waals surface area contributed by atoms with Gasteiger partial charge >= 0.3 is 0 Å². The smallest absolute Gasteiger partial charge is 0.238 e. The van der Waals surface area contributed by atoms with Gasteiger partial charge in [0.25, 0.3) is 0 Å². The van der Waals surface area contributed by atoms with Gasteiger partial charge in [-0.05, 0) is 30.7 Å². The van der Waals surface area contributed by atoms with Crippen molar-refractivity contribution in [3.05, 3.63) is 54.1 Å². The van der Waals surface area contributed by atoms with Gasteiger partial charge < -0.3 is 15.1 Å². The monoisotopic (exact) mass is 381 g/mol. The minimum absolute atomic E-state index is 0.0615. The van der Waals surface area contributed by atoms with Crippen LogP contribution >= 0.6 is 11.8 Å². The summed E-state index contributed by atoms with van der Waals surface area (Å²) in [5, 5.41) is 2.55. The number of thioether (sulfide) groups is 1. The molecule has 0 radical (unpaired) electrons. The van der Waals surface area contributed by atoms with Crippen LogP contribution in [0.15, 0.2) is 53.4 Å². The molecule has 2 aliphatic heterocycles. The van der Waals surface area contributed by atoms with Gasteiger partial charge in [0.15, 0.2) is 0 Å². The maximum atomic E-state index is 12.7. The first-order valence-corrected chi connectivity index (χ1v) is 10.1. The average Bonchev–Trinajstić information content (AvgIpc) is 2.69. The number of nitrogens with one attached hydrogen (secondary N) is 1. The van der Waals surface area contributed by atoms with E-state index in [1.807, 2.05) is 35.2 Å². The normalized spacial score (nSPS) is 19.4. The van der Waals surface area contributed by atoms with Crippen molar-refractivity contribution in [2.75, 3.05) is 36.4 Å². The zero-order valence-corrected chi connectivity index (χ0v) is 16.2. The van der Waals surface area contributed by atoms with Crippen LogP contribution in [0, 0.1) is 6.92 Å². The summed E-state index contributed by atoms with van der Waals surface area (Å²) < 4.78 is 0. The molecule has 2 aromatic carbocycles. The Hall–Kier alpha value is -2.47.